The van der Waals surface area contributed by atoms with Gasteiger partial charge in [0.25, 0.3) is 11.5 Å². The molecule has 1 aromatic heterocycles. The van der Waals surface area contributed by atoms with Gasteiger partial charge >= 0.3 is 0 Å². The molecule has 2 heterocycles. The van der Waals surface area contributed by atoms with Gasteiger partial charge in [-0.05, 0) is 62.9 Å². The quantitative estimate of drug-likeness (QED) is 0.726. The fourth-order valence-corrected chi connectivity index (χ4v) is 4.12. The fraction of sp³-hybridized carbons (Fsp3) is 0.348. The average Bonchev–Trinajstić information content (AvgIpc) is 2.90. The van der Waals surface area contributed by atoms with E-state index in [1.807, 2.05) is 20.8 Å². The van der Waals surface area contributed by atoms with Crippen LogP contribution in [0, 0.1) is 20.8 Å². The first-order valence-corrected chi connectivity index (χ1v) is 9.87. The topological polar surface area (TPSA) is 64.0 Å². The van der Waals surface area contributed by atoms with E-state index in [4.69, 9.17) is 4.98 Å². The lowest BCUT2D eigenvalue weighted by molar-refractivity contribution is 0.102. The molecule has 4 rings (SSSR count). The number of carbonyl (C=O) groups excluding carboxylic acids is 1. The normalized spacial score (nSPS) is 13.8. The van der Waals surface area contributed by atoms with Gasteiger partial charge in [-0.2, -0.15) is 0 Å². The zero-order chi connectivity index (χ0) is 19.8. The van der Waals surface area contributed by atoms with Crippen LogP contribution in [0.25, 0.3) is 10.9 Å². The first-order valence-electron chi connectivity index (χ1n) is 9.87. The van der Waals surface area contributed by atoms with Gasteiger partial charge in [0.1, 0.15) is 5.82 Å². The molecule has 0 atom stereocenters. The number of carbonyl (C=O) groups is 1. The highest BCUT2D eigenvalue weighted by molar-refractivity contribution is 6.06. The van der Waals surface area contributed by atoms with Gasteiger partial charge < -0.3 is 5.32 Å². The number of hydrogen-bond acceptors (Lipinski definition) is 3. The predicted octanol–water partition coefficient (Wildman–Crippen LogP) is 4.30. The Morgan fingerprint density at radius 3 is 2.54 bits per heavy atom. The van der Waals surface area contributed by atoms with Crippen LogP contribution >= 0.6 is 0 Å². The number of rotatable bonds is 2. The van der Waals surface area contributed by atoms with Crippen LogP contribution in [0.5, 0.6) is 0 Å². The molecule has 0 saturated carbocycles. The van der Waals surface area contributed by atoms with Crippen LogP contribution in [-0.4, -0.2) is 15.5 Å². The maximum absolute atomic E-state index is 12.9. The molecule has 0 unspecified atom stereocenters. The summed E-state index contributed by atoms with van der Waals surface area (Å²) in [7, 11) is 0. The first kappa shape index (κ1) is 18.4. The minimum atomic E-state index is -0.186. The third-order valence-corrected chi connectivity index (χ3v) is 5.49. The van der Waals surface area contributed by atoms with E-state index in [1.54, 1.807) is 22.8 Å². The second-order valence-electron chi connectivity index (χ2n) is 7.76. The molecule has 1 aliphatic rings. The van der Waals surface area contributed by atoms with Crippen molar-refractivity contribution in [2.24, 2.45) is 0 Å². The Kier molecular flexibility index (Phi) is 4.75. The summed E-state index contributed by atoms with van der Waals surface area (Å²) in [4.78, 5) is 30.4. The van der Waals surface area contributed by atoms with E-state index in [2.05, 4.69) is 17.4 Å². The summed E-state index contributed by atoms with van der Waals surface area (Å²) in [6.07, 6.45) is 3.98. The van der Waals surface area contributed by atoms with Crippen LogP contribution < -0.4 is 10.9 Å². The molecule has 0 saturated heterocycles. The molecular weight excluding hydrogens is 350 g/mol. The number of amides is 1. The molecule has 0 fully saturated rings. The van der Waals surface area contributed by atoms with Gasteiger partial charge in [0.05, 0.1) is 10.9 Å². The van der Waals surface area contributed by atoms with Crippen molar-refractivity contribution in [2.45, 2.75) is 53.0 Å². The molecule has 3 aromatic rings. The molecule has 0 spiro atoms. The Balaban J connectivity index is 1.72. The molecule has 0 radical (unpaired) electrons. The van der Waals surface area contributed by atoms with Crippen molar-refractivity contribution in [3.05, 3.63) is 68.8 Å². The Hall–Kier alpha value is -2.95. The number of nitrogens with zero attached hydrogens (tertiary/aromatic N) is 2. The second-order valence-corrected chi connectivity index (χ2v) is 7.76. The van der Waals surface area contributed by atoms with Crippen molar-refractivity contribution in [1.82, 2.24) is 9.55 Å². The summed E-state index contributed by atoms with van der Waals surface area (Å²) in [6.45, 7) is 6.76. The number of aryl methyl sites for hydroxylation is 4. The van der Waals surface area contributed by atoms with Gasteiger partial charge in [-0.25, -0.2) is 4.98 Å². The van der Waals surface area contributed by atoms with E-state index in [1.165, 1.54) is 5.56 Å². The highest BCUT2D eigenvalue weighted by atomic mass is 16.1. The zero-order valence-electron chi connectivity index (χ0n) is 16.6. The molecule has 1 amide bonds. The number of anilines is 1. The monoisotopic (exact) mass is 375 g/mol. The molecule has 5 heteroatoms. The lowest BCUT2D eigenvalue weighted by atomic mass is 10.0. The molecule has 0 bridgehead atoms. The van der Waals surface area contributed by atoms with E-state index in [0.29, 0.717) is 16.5 Å². The van der Waals surface area contributed by atoms with Gasteiger partial charge in [0.15, 0.2) is 0 Å². The lowest BCUT2D eigenvalue weighted by Crippen LogP contribution is -2.24. The van der Waals surface area contributed by atoms with Gasteiger partial charge in [-0.15, -0.1) is 0 Å². The van der Waals surface area contributed by atoms with Gasteiger partial charge in [-0.3, -0.25) is 14.2 Å². The zero-order valence-corrected chi connectivity index (χ0v) is 16.6. The van der Waals surface area contributed by atoms with Crippen molar-refractivity contribution < 1.29 is 4.79 Å². The summed E-state index contributed by atoms with van der Waals surface area (Å²) in [5, 5.41) is 3.60. The molecule has 2 aromatic carbocycles. The smallest absolute Gasteiger partial charge is 0.261 e. The van der Waals surface area contributed by atoms with E-state index in [9.17, 15) is 9.59 Å². The maximum Gasteiger partial charge on any atom is 0.261 e. The highest BCUT2D eigenvalue weighted by Crippen LogP contribution is 2.23. The summed E-state index contributed by atoms with van der Waals surface area (Å²) < 4.78 is 1.80. The van der Waals surface area contributed by atoms with Gasteiger partial charge in [0.2, 0.25) is 0 Å². The van der Waals surface area contributed by atoms with Crippen molar-refractivity contribution in [2.75, 3.05) is 5.32 Å². The fourth-order valence-electron chi connectivity index (χ4n) is 4.12. The summed E-state index contributed by atoms with van der Waals surface area (Å²) >= 11 is 0. The number of nitrogens with one attached hydrogen (secondary N) is 1. The van der Waals surface area contributed by atoms with Crippen LogP contribution in [0.2, 0.25) is 0 Å². The molecular formula is C23H25N3O2. The number of benzene rings is 2. The van der Waals surface area contributed by atoms with Crippen LogP contribution in [0.15, 0.2) is 35.1 Å². The predicted molar refractivity (Wildman–Crippen MR) is 112 cm³/mol. The SMILES string of the molecule is Cc1cc(C)c(NC(=O)c2ccc3c(=O)n4c(nc3c2)CCCCC4)c(C)c1. The van der Waals surface area contributed by atoms with Crippen LogP contribution in [0.4, 0.5) is 5.69 Å². The Bertz CT molecular complexity index is 1120. The Morgan fingerprint density at radius 1 is 1.04 bits per heavy atom. The van der Waals surface area contributed by atoms with Gasteiger partial charge in [0, 0.05) is 24.2 Å². The number of aromatic nitrogens is 2. The highest BCUT2D eigenvalue weighted by Gasteiger charge is 2.16. The van der Waals surface area contributed by atoms with E-state index in [-0.39, 0.29) is 11.5 Å². The molecule has 28 heavy (non-hydrogen) atoms. The van der Waals surface area contributed by atoms with Crippen LogP contribution in [0.1, 0.15) is 52.1 Å². The number of hydrogen-bond donors (Lipinski definition) is 1. The molecule has 0 aliphatic carbocycles. The molecule has 144 valence electrons. The van der Waals surface area contributed by atoms with Crippen LogP contribution in [0.3, 0.4) is 0 Å². The third kappa shape index (κ3) is 3.33. The van der Waals surface area contributed by atoms with E-state index >= 15 is 0 Å². The first-order chi connectivity index (χ1) is 13.4. The number of fused-ring (bicyclic) bond motifs is 2. The van der Waals surface area contributed by atoms with E-state index in [0.717, 1.165) is 54.9 Å². The lowest BCUT2D eigenvalue weighted by Gasteiger charge is -2.14. The molecule has 1 N–H and O–H groups in total. The van der Waals surface area contributed by atoms with Crippen molar-refractivity contribution in [3.63, 3.8) is 0 Å². The summed E-state index contributed by atoms with van der Waals surface area (Å²) in [5.41, 5.74) is 5.19. The van der Waals surface area contributed by atoms with Gasteiger partial charge in [-0.1, -0.05) is 24.1 Å². The third-order valence-electron chi connectivity index (χ3n) is 5.49. The Labute approximate surface area is 164 Å². The maximum atomic E-state index is 12.9. The summed E-state index contributed by atoms with van der Waals surface area (Å²) in [6, 6.07) is 9.29. The second kappa shape index (κ2) is 7.23. The minimum absolute atomic E-state index is 0.000850. The van der Waals surface area contributed by atoms with E-state index < -0.39 is 0 Å². The minimum Gasteiger partial charge on any atom is -0.322 e. The van der Waals surface area contributed by atoms with Crippen molar-refractivity contribution in [3.8, 4) is 0 Å². The van der Waals surface area contributed by atoms with Crippen LogP contribution in [-0.2, 0) is 13.0 Å². The summed E-state index contributed by atoms with van der Waals surface area (Å²) in [5.74, 6) is 0.645. The largest absolute Gasteiger partial charge is 0.322 e. The average molecular weight is 375 g/mol. The van der Waals surface area contributed by atoms with Crippen molar-refractivity contribution >= 4 is 22.5 Å². The Morgan fingerprint density at radius 2 is 1.79 bits per heavy atom. The molecule has 1 aliphatic heterocycles. The molecule has 5 nitrogen and oxygen atoms in total. The standard InChI is InChI=1S/C23H25N3O2/c1-14-11-15(2)21(16(3)12-14)25-22(27)17-8-9-18-19(13-17)24-20-7-5-4-6-10-26(20)23(18)28/h8-9,11-13H,4-7,10H2,1-3H3,(H,25,27). The van der Waals surface area contributed by atoms with Crippen molar-refractivity contribution in [1.29, 1.82) is 0 Å².